The number of aryl methyl sites for hydroxylation is 1. The van der Waals surface area contributed by atoms with Crippen molar-refractivity contribution in [3.05, 3.63) is 33.9 Å². The maximum atomic E-state index is 13.1. The summed E-state index contributed by atoms with van der Waals surface area (Å²) in [5.41, 5.74) is 0.421. The van der Waals surface area contributed by atoms with E-state index in [1.54, 1.807) is 6.07 Å². The monoisotopic (exact) mass is 377 g/mol. The second kappa shape index (κ2) is 8.75. The van der Waals surface area contributed by atoms with Gasteiger partial charge in [-0.2, -0.15) is 4.31 Å². The molecule has 0 amide bonds. The summed E-state index contributed by atoms with van der Waals surface area (Å²) >= 11 is 0. The number of rotatable bonds is 7. The van der Waals surface area contributed by atoms with E-state index in [2.05, 4.69) is 5.32 Å². The Labute approximate surface area is 149 Å². The molecule has 0 bridgehead atoms. The summed E-state index contributed by atoms with van der Waals surface area (Å²) < 4.78 is 27.8. The van der Waals surface area contributed by atoms with Gasteiger partial charge >= 0.3 is 0 Å². The molecule has 1 aromatic carbocycles. The Balaban J connectivity index is 0.00000288. The van der Waals surface area contributed by atoms with Crippen molar-refractivity contribution in [2.24, 2.45) is 0 Å². The van der Waals surface area contributed by atoms with Crippen molar-refractivity contribution in [2.45, 2.75) is 44.0 Å². The van der Waals surface area contributed by atoms with Gasteiger partial charge in [-0.3, -0.25) is 10.1 Å². The van der Waals surface area contributed by atoms with Gasteiger partial charge in [0.05, 0.1) is 9.82 Å². The lowest BCUT2D eigenvalue weighted by molar-refractivity contribution is -0.385. The minimum Gasteiger partial charge on any atom is -0.315 e. The first-order chi connectivity index (χ1) is 10.9. The summed E-state index contributed by atoms with van der Waals surface area (Å²) in [6.07, 6.45) is 1.97. The number of nitrogens with zero attached hydrogens (tertiary/aromatic N) is 2. The number of nitro benzene ring substituents is 1. The SMILES string of the molecule is CCCN(C1CCNC1)S(=O)(=O)c1cc([N+](=O)[O-])ccc1CC.Cl. The Bertz CT molecular complexity index is 675. The zero-order chi connectivity index (χ0) is 17.0. The highest BCUT2D eigenvalue weighted by Crippen LogP contribution is 2.28. The van der Waals surface area contributed by atoms with Crippen molar-refractivity contribution in [2.75, 3.05) is 19.6 Å². The van der Waals surface area contributed by atoms with Gasteiger partial charge in [0.25, 0.3) is 5.69 Å². The van der Waals surface area contributed by atoms with Crippen LogP contribution in [0.2, 0.25) is 0 Å². The van der Waals surface area contributed by atoms with Gasteiger partial charge in [-0.05, 0) is 31.4 Å². The van der Waals surface area contributed by atoms with Crippen molar-refractivity contribution >= 4 is 28.1 Å². The smallest absolute Gasteiger partial charge is 0.270 e. The number of hydrogen-bond donors (Lipinski definition) is 1. The molecule has 0 aliphatic carbocycles. The molecular weight excluding hydrogens is 354 g/mol. The topological polar surface area (TPSA) is 92.6 Å². The third kappa shape index (κ3) is 4.24. The third-order valence-electron chi connectivity index (χ3n) is 4.11. The average molecular weight is 378 g/mol. The van der Waals surface area contributed by atoms with Gasteiger partial charge in [-0.25, -0.2) is 8.42 Å². The Hall–Kier alpha value is -1.22. The first-order valence-electron chi connectivity index (χ1n) is 7.91. The van der Waals surface area contributed by atoms with E-state index in [0.29, 0.717) is 31.5 Å². The predicted molar refractivity (Wildman–Crippen MR) is 95.2 cm³/mol. The highest BCUT2D eigenvalue weighted by atomic mass is 35.5. The molecule has 0 saturated carbocycles. The molecule has 1 aliphatic rings. The fourth-order valence-corrected chi connectivity index (χ4v) is 4.98. The summed E-state index contributed by atoms with van der Waals surface area (Å²) in [6.45, 7) is 5.60. The second-order valence-electron chi connectivity index (χ2n) is 5.67. The Morgan fingerprint density at radius 1 is 1.38 bits per heavy atom. The molecule has 1 heterocycles. The van der Waals surface area contributed by atoms with E-state index < -0.39 is 14.9 Å². The molecule has 24 heavy (non-hydrogen) atoms. The summed E-state index contributed by atoms with van der Waals surface area (Å²) in [6, 6.07) is 4.00. The van der Waals surface area contributed by atoms with Crippen LogP contribution in [-0.2, 0) is 16.4 Å². The van der Waals surface area contributed by atoms with Crippen molar-refractivity contribution in [1.82, 2.24) is 9.62 Å². The molecule has 1 fully saturated rings. The molecule has 0 spiro atoms. The molecule has 1 aromatic rings. The van der Waals surface area contributed by atoms with Crippen molar-refractivity contribution in [3.8, 4) is 0 Å². The zero-order valence-electron chi connectivity index (χ0n) is 13.9. The lowest BCUT2D eigenvalue weighted by atomic mass is 10.1. The molecule has 1 aliphatic heterocycles. The maximum absolute atomic E-state index is 13.1. The number of halogens is 1. The van der Waals surface area contributed by atoms with Gasteiger partial charge in [0.15, 0.2) is 0 Å². The molecule has 136 valence electrons. The van der Waals surface area contributed by atoms with Gasteiger partial charge in [-0.1, -0.05) is 19.9 Å². The Morgan fingerprint density at radius 3 is 2.58 bits per heavy atom. The number of hydrogen-bond acceptors (Lipinski definition) is 5. The third-order valence-corrected chi connectivity index (χ3v) is 6.15. The fourth-order valence-electron chi connectivity index (χ4n) is 2.92. The van der Waals surface area contributed by atoms with Crippen molar-refractivity contribution in [1.29, 1.82) is 0 Å². The van der Waals surface area contributed by atoms with E-state index >= 15 is 0 Å². The predicted octanol–water partition coefficient (Wildman–Crippen LogP) is 2.34. The highest BCUT2D eigenvalue weighted by molar-refractivity contribution is 7.89. The normalized spacial score (nSPS) is 17.7. The molecule has 1 unspecified atom stereocenters. The van der Waals surface area contributed by atoms with E-state index in [9.17, 15) is 18.5 Å². The first kappa shape index (κ1) is 20.8. The molecule has 9 heteroatoms. The van der Waals surface area contributed by atoms with Crippen LogP contribution < -0.4 is 5.32 Å². The van der Waals surface area contributed by atoms with E-state index in [1.165, 1.54) is 16.4 Å². The van der Waals surface area contributed by atoms with Crippen LogP contribution >= 0.6 is 12.4 Å². The molecular formula is C15H24ClN3O4S. The van der Waals surface area contributed by atoms with Crippen molar-refractivity contribution < 1.29 is 13.3 Å². The quantitative estimate of drug-likeness (QED) is 0.581. The van der Waals surface area contributed by atoms with E-state index in [1.807, 2.05) is 13.8 Å². The van der Waals surface area contributed by atoms with Gasteiger partial charge in [0, 0.05) is 31.3 Å². The molecule has 0 radical (unpaired) electrons. The number of benzene rings is 1. The first-order valence-corrected chi connectivity index (χ1v) is 9.35. The molecule has 1 N–H and O–H groups in total. The zero-order valence-corrected chi connectivity index (χ0v) is 15.5. The largest absolute Gasteiger partial charge is 0.315 e. The molecule has 0 aromatic heterocycles. The Kier molecular flexibility index (Phi) is 7.59. The standard InChI is InChI=1S/C15H23N3O4S.ClH/c1-3-9-17(14-7-8-16-11-14)23(21,22)15-10-13(18(19)20)6-5-12(15)4-2;/h5-6,10,14,16H,3-4,7-9,11H2,1-2H3;1H. The molecule has 1 atom stereocenters. The van der Waals surface area contributed by atoms with Crippen LogP contribution in [0.3, 0.4) is 0 Å². The number of non-ortho nitro benzene ring substituents is 1. The molecule has 1 saturated heterocycles. The van der Waals surface area contributed by atoms with Crippen LogP contribution in [0, 0.1) is 10.1 Å². The fraction of sp³-hybridized carbons (Fsp3) is 0.600. The minimum atomic E-state index is -3.76. The van der Waals surface area contributed by atoms with E-state index in [0.717, 1.165) is 13.0 Å². The number of nitro groups is 1. The highest BCUT2D eigenvalue weighted by Gasteiger charge is 2.34. The minimum absolute atomic E-state index is 0. The lowest BCUT2D eigenvalue weighted by Crippen LogP contribution is -2.42. The maximum Gasteiger partial charge on any atom is 0.270 e. The van der Waals surface area contributed by atoms with E-state index in [4.69, 9.17) is 0 Å². The molecule has 7 nitrogen and oxygen atoms in total. The van der Waals surface area contributed by atoms with Crippen LogP contribution in [0.25, 0.3) is 0 Å². The average Bonchev–Trinajstić information content (AvgIpc) is 3.05. The van der Waals surface area contributed by atoms with Gasteiger partial charge in [0.1, 0.15) is 0 Å². The van der Waals surface area contributed by atoms with Gasteiger partial charge < -0.3 is 5.32 Å². The van der Waals surface area contributed by atoms with Crippen molar-refractivity contribution in [3.63, 3.8) is 0 Å². The van der Waals surface area contributed by atoms with Gasteiger partial charge in [-0.15, -0.1) is 12.4 Å². The second-order valence-corrected chi connectivity index (χ2v) is 7.52. The van der Waals surface area contributed by atoms with Gasteiger partial charge in [0.2, 0.25) is 10.0 Å². The van der Waals surface area contributed by atoms with E-state index in [-0.39, 0.29) is 29.0 Å². The van der Waals surface area contributed by atoms with Crippen LogP contribution in [0.5, 0.6) is 0 Å². The molecule has 2 rings (SSSR count). The lowest BCUT2D eigenvalue weighted by Gasteiger charge is -2.28. The summed E-state index contributed by atoms with van der Waals surface area (Å²) in [4.78, 5) is 10.5. The van der Waals surface area contributed by atoms with Crippen LogP contribution in [0.15, 0.2) is 23.1 Å². The summed E-state index contributed by atoms with van der Waals surface area (Å²) in [5, 5.41) is 14.2. The summed E-state index contributed by atoms with van der Waals surface area (Å²) in [7, 11) is -3.76. The van der Waals surface area contributed by atoms with Crippen LogP contribution in [0.1, 0.15) is 32.3 Å². The number of sulfonamides is 1. The van der Waals surface area contributed by atoms with Crippen LogP contribution in [-0.4, -0.2) is 43.3 Å². The number of nitrogens with one attached hydrogen (secondary N) is 1. The van der Waals surface area contributed by atoms with Crippen LogP contribution in [0.4, 0.5) is 5.69 Å². The summed E-state index contributed by atoms with van der Waals surface area (Å²) in [5.74, 6) is 0. The Morgan fingerprint density at radius 2 is 2.08 bits per heavy atom.